The minimum absolute atomic E-state index is 0.382. The van der Waals surface area contributed by atoms with Crippen molar-refractivity contribution in [2.75, 3.05) is 0 Å². The Morgan fingerprint density at radius 1 is 0.329 bits per heavy atom. The number of aromatic nitrogens is 3. The molecule has 9 aromatic carbocycles. The molecule has 13 aromatic rings. The Hall–Kier alpha value is -8.64. The molecule has 5 heteroatoms. The van der Waals surface area contributed by atoms with E-state index >= 15 is 0 Å². The summed E-state index contributed by atoms with van der Waals surface area (Å²) in [5, 5.41) is 32.6. The first-order valence-electron chi connectivity index (χ1n) is 26.6. The lowest BCUT2D eigenvalue weighted by atomic mass is 9.64. The number of benzene rings is 9. The molecule has 4 aromatic heterocycles. The van der Waals surface area contributed by atoms with Gasteiger partial charge in [0.1, 0.15) is 0 Å². The van der Waals surface area contributed by atoms with Crippen LogP contribution in [0.1, 0.15) is 108 Å². The van der Waals surface area contributed by atoms with Gasteiger partial charge in [-0.2, -0.15) is 10.5 Å². The van der Waals surface area contributed by atoms with Gasteiger partial charge in [-0.1, -0.05) is 97.1 Å². The number of hydrogen-bond donors (Lipinski definition) is 0. The number of nitriles is 2. The summed E-state index contributed by atoms with van der Waals surface area (Å²) in [4.78, 5) is 0. The molecular formula is C68H47N5. The number of rotatable bonds is 4. The average molecular weight is 934 g/mol. The Morgan fingerprint density at radius 3 is 1.14 bits per heavy atom. The van der Waals surface area contributed by atoms with E-state index in [0.717, 1.165) is 84.9 Å². The van der Waals surface area contributed by atoms with Gasteiger partial charge in [0.25, 0.3) is 0 Å². The zero-order valence-electron chi connectivity index (χ0n) is 40.3. The second-order valence-corrected chi connectivity index (χ2v) is 21.8. The predicted octanol–water partition coefficient (Wildman–Crippen LogP) is 17.6. The van der Waals surface area contributed by atoms with Crippen molar-refractivity contribution in [3.8, 4) is 45.8 Å². The Morgan fingerprint density at radius 2 is 0.712 bits per heavy atom. The highest BCUT2D eigenvalue weighted by molar-refractivity contribution is 6.35. The standard InChI is InChI=1S/C68H47N5/c69-36-42-33-56-66(60-40-29-25-38(26-30-40)58(42)60)64-50(46-19-11-23-54-62(46)48-17-7-9-21-52(48)71(54)44-13-3-1-4-14-44)35-51(47-20-12-24-55-63(47)49-18-8-10-22-53(49)72(55)45-15-5-2-6-16-45)65-67-57(73(56)68(64)65)34-43(37-70)59-39-27-31-41(32-28-39)61(59)67/h1-24,33-35,38-41H,25-32H2. The van der Waals surface area contributed by atoms with Gasteiger partial charge in [-0.15, -0.1) is 0 Å². The van der Waals surface area contributed by atoms with Crippen molar-refractivity contribution in [1.82, 2.24) is 13.5 Å². The molecule has 4 bridgehead atoms. The highest BCUT2D eigenvalue weighted by atomic mass is 15.0. The van der Waals surface area contributed by atoms with Crippen LogP contribution in [0.15, 0.2) is 164 Å². The molecule has 73 heavy (non-hydrogen) atoms. The third-order valence-electron chi connectivity index (χ3n) is 18.6. The molecule has 6 aliphatic carbocycles. The smallest absolute Gasteiger partial charge is 0.0995 e. The van der Waals surface area contributed by atoms with Gasteiger partial charge in [-0.05, 0) is 186 Å². The van der Waals surface area contributed by atoms with Gasteiger partial charge in [0.05, 0.1) is 61.9 Å². The lowest BCUT2D eigenvalue weighted by Crippen LogP contribution is -2.23. The molecule has 6 aliphatic rings. The molecule has 5 nitrogen and oxygen atoms in total. The minimum Gasteiger partial charge on any atom is -0.309 e. The van der Waals surface area contributed by atoms with Gasteiger partial charge in [0.2, 0.25) is 0 Å². The summed E-state index contributed by atoms with van der Waals surface area (Å²) in [6, 6.07) is 66.2. The Balaban J connectivity index is 1.14. The van der Waals surface area contributed by atoms with E-state index in [1.165, 1.54) is 115 Å². The van der Waals surface area contributed by atoms with Crippen LogP contribution in [0.3, 0.4) is 0 Å². The first-order valence-corrected chi connectivity index (χ1v) is 26.6. The fourth-order valence-corrected chi connectivity index (χ4v) is 15.9. The molecule has 2 saturated carbocycles. The van der Waals surface area contributed by atoms with Crippen LogP contribution in [0.25, 0.3) is 115 Å². The van der Waals surface area contributed by atoms with Crippen LogP contribution in [0, 0.1) is 22.7 Å². The number of fused-ring (bicyclic) bond motifs is 16. The third kappa shape index (κ3) is 5.05. The summed E-state index contributed by atoms with van der Waals surface area (Å²) in [6.45, 7) is 0. The van der Waals surface area contributed by atoms with Crippen molar-refractivity contribution >= 4 is 81.7 Å². The van der Waals surface area contributed by atoms with Gasteiger partial charge in [0, 0.05) is 54.5 Å². The fraction of sp³-hybridized carbons (Fsp3) is 0.176. The van der Waals surface area contributed by atoms with Crippen LogP contribution in [-0.4, -0.2) is 13.5 Å². The van der Waals surface area contributed by atoms with E-state index < -0.39 is 0 Å². The van der Waals surface area contributed by atoms with E-state index in [1.54, 1.807) is 0 Å². The number of para-hydroxylation sites is 4. The maximum Gasteiger partial charge on any atom is 0.0995 e. The van der Waals surface area contributed by atoms with Crippen molar-refractivity contribution in [3.05, 3.63) is 197 Å². The molecular weight excluding hydrogens is 887 g/mol. The molecule has 0 aliphatic heterocycles. The van der Waals surface area contributed by atoms with Crippen molar-refractivity contribution in [1.29, 1.82) is 10.5 Å². The summed E-state index contributed by atoms with van der Waals surface area (Å²) in [5.74, 6) is 1.53. The number of hydrogen-bond acceptors (Lipinski definition) is 2. The maximum atomic E-state index is 11.2. The summed E-state index contributed by atoms with van der Waals surface area (Å²) in [6.07, 6.45) is 9.15. The molecule has 0 amide bonds. The zero-order chi connectivity index (χ0) is 47.8. The Kier molecular flexibility index (Phi) is 7.95. The largest absolute Gasteiger partial charge is 0.309 e. The molecule has 0 unspecified atom stereocenters. The van der Waals surface area contributed by atoms with Gasteiger partial charge in [-0.3, -0.25) is 0 Å². The van der Waals surface area contributed by atoms with E-state index in [4.69, 9.17) is 0 Å². The van der Waals surface area contributed by atoms with E-state index in [2.05, 4.69) is 189 Å². The molecule has 0 saturated heterocycles. The molecule has 0 N–H and O–H groups in total. The van der Waals surface area contributed by atoms with Crippen LogP contribution in [-0.2, 0) is 0 Å². The van der Waals surface area contributed by atoms with Crippen molar-refractivity contribution in [2.24, 2.45) is 0 Å². The molecule has 0 spiro atoms. The summed E-state index contributed by atoms with van der Waals surface area (Å²) < 4.78 is 7.46. The van der Waals surface area contributed by atoms with Gasteiger partial charge in [-0.25, -0.2) is 0 Å². The van der Waals surface area contributed by atoms with Crippen molar-refractivity contribution in [3.63, 3.8) is 0 Å². The minimum atomic E-state index is 0.382. The fourth-order valence-electron chi connectivity index (χ4n) is 15.9. The van der Waals surface area contributed by atoms with Crippen LogP contribution in [0.5, 0.6) is 0 Å². The Bertz CT molecular complexity index is 4360. The second kappa shape index (κ2) is 14.5. The topological polar surface area (TPSA) is 61.8 Å². The van der Waals surface area contributed by atoms with Crippen LogP contribution in [0.4, 0.5) is 0 Å². The van der Waals surface area contributed by atoms with Crippen LogP contribution in [0.2, 0.25) is 0 Å². The molecule has 4 heterocycles. The van der Waals surface area contributed by atoms with E-state index in [-0.39, 0.29) is 0 Å². The highest BCUT2D eigenvalue weighted by Gasteiger charge is 2.42. The SMILES string of the molecule is N#Cc1cc2c(c3c1C1CCC3CC1)c1c(-c3cccc4c3c3ccccc3n4-c3ccccc3)cc(-c3cccc4c3c3ccccc3n4-c3ccccc3)c3c4c5c(c(C#N)cc4n2c13)C1CCC5CC1. The zero-order valence-corrected chi connectivity index (χ0v) is 40.3. The van der Waals surface area contributed by atoms with E-state index in [9.17, 15) is 10.5 Å². The van der Waals surface area contributed by atoms with E-state index in [1.807, 2.05) is 0 Å². The lowest BCUT2D eigenvalue weighted by molar-refractivity contribution is 0.360. The van der Waals surface area contributed by atoms with Crippen LogP contribution < -0.4 is 0 Å². The highest BCUT2D eigenvalue weighted by Crippen LogP contribution is 2.61. The second-order valence-electron chi connectivity index (χ2n) is 21.8. The van der Waals surface area contributed by atoms with Crippen LogP contribution >= 0.6 is 0 Å². The lowest BCUT2D eigenvalue weighted by Gasteiger charge is -2.40. The normalized spacial score (nSPS) is 19.0. The van der Waals surface area contributed by atoms with Gasteiger partial charge < -0.3 is 13.5 Å². The third-order valence-corrected chi connectivity index (χ3v) is 18.6. The van der Waals surface area contributed by atoms with Gasteiger partial charge in [0.15, 0.2) is 0 Å². The molecule has 344 valence electrons. The van der Waals surface area contributed by atoms with Crippen molar-refractivity contribution < 1.29 is 0 Å². The summed E-state index contributed by atoms with van der Waals surface area (Å²) >= 11 is 0. The predicted molar refractivity (Wildman–Crippen MR) is 298 cm³/mol. The first kappa shape index (κ1) is 40.0. The Labute approximate surface area is 421 Å². The van der Waals surface area contributed by atoms with Crippen molar-refractivity contribution in [2.45, 2.75) is 75.0 Å². The summed E-state index contributed by atoms with van der Waals surface area (Å²) in [5.41, 5.74) is 22.4. The molecule has 0 atom stereocenters. The monoisotopic (exact) mass is 933 g/mol. The van der Waals surface area contributed by atoms with Gasteiger partial charge >= 0.3 is 0 Å². The molecule has 2 fully saturated rings. The average Bonchev–Trinajstić information content (AvgIpc) is 4.24. The quantitative estimate of drug-likeness (QED) is 0.176. The molecule has 19 rings (SSSR count). The van der Waals surface area contributed by atoms with E-state index in [0.29, 0.717) is 23.7 Å². The number of nitrogens with zero attached hydrogens (tertiary/aromatic N) is 5. The first-order chi connectivity index (χ1) is 36.2. The summed E-state index contributed by atoms with van der Waals surface area (Å²) in [7, 11) is 0. The molecule has 0 radical (unpaired) electrons. The maximum absolute atomic E-state index is 11.2.